The highest BCUT2D eigenvalue weighted by atomic mass is 35.5. The number of fused-ring (bicyclic) bond motifs is 1. The number of aromatic nitrogens is 2. The smallest absolute Gasteiger partial charge is 0.252 e. The van der Waals surface area contributed by atoms with Crippen LogP contribution in [-0.4, -0.2) is 59.3 Å². The number of amides is 2. The van der Waals surface area contributed by atoms with Crippen molar-refractivity contribution in [1.82, 2.24) is 14.7 Å². The number of nitriles is 1. The summed E-state index contributed by atoms with van der Waals surface area (Å²) < 4.78 is 7.18. The van der Waals surface area contributed by atoms with Crippen molar-refractivity contribution in [2.75, 3.05) is 37.7 Å². The quantitative estimate of drug-likeness (QED) is 0.570. The van der Waals surface area contributed by atoms with Crippen LogP contribution in [0.5, 0.6) is 0 Å². The molecule has 0 spiro atoms. The second kappa shape index (κ2) is 10.0. The van der Waals surface area contributed by atoms with Gasteiger partial charge in [0.1, 0.15) is 11.8 Å². The molecule has 1 saturated heterocycles. The summed E-state index contributed by atoms with van der Waals surface area (Å²) in [5.74, 6) is -0.664. The molecule has 0 radical (unpaired) electrons. The van der Waals surface area contributed by atoms with Gasteiger partial charge < -0.3 is 20.3 Å². The summed E-state index contributed by atoms with van der Waals surface area (Å²) in [6.07, 6.45) is 0.185. The summed E-state index contributed by atoms with van der Waals surface area (Å²) in [6, 6.07) is 14.9. The minimum Gasteiger partial charge on any atom is -0.378 e. The van der Waals surface area contributed by atoms with Gasteiger partial charge in [-0.1, -0.05) is 29.8 Å². The molecule has 36 heavy (non-hydrogen) atoms. The van der Waals surface area contributed by atoms with E-state index in [4.69, 9.17) is 22.1 Å². The third kappa shape index (κ3) is 4.65. The Balaban J connectivity index is 1.38. The molecule has 3 heterocycles. The number of nitrogens with zero attached hydrogens (tertiary/aromatic N) is 5. The molecule has 0 saturated carbocycles. The van der Waals surface area contributed by atoms with Crippen LogP contribution in [0.1, 0.15) is 27.2 Å². The molecule has 2 aliphatic rings. The lowest BCUT2D eigenvalue weighted by Gasteiger charge is -2.30. The molecule has 0 aliphatic carbocycles. The molecular weight excluding hydrogens is 480 g/mol. The van der Waals surface area contributed by atoms with E-state index in [0.717, 1.165) is 11.3 Å². The van der Waals surface area contributed by atoms with Crippen LogP contribution in [0.2, 0.25) is 5.02 Å². The summed E-state index contributed by atoms with van der Waals surface area (Å²) in [4.78, 5) is 29.5. The van der Waals surface area contributed by atoms with E-state index in [1.54, 1.807) is 33.8 Å². The Labute approximate surface area is 213 Å². The molecule has 3 aromatic rings. The highest BCUT2D eigenvalue weighted by Gasteiger charge is 2.30. The summed E-state index contributed by atoms with van der Waals surface area (Å²) in [5, 5.41) is 14.7. The van der Waals surface area contributed by atoms with Gasteiger partial charge in [-0.05, 0) is 29.8 Å². The number of hydrogen-bond donors (Lipinski definition) is 1. The Bertz CT molecular complexity index is 1370. The van der Waals surface area contributed by atoms with E-state index >= 15 is 0 Å². The predicted octanol–water partition coefficient (Wildman–Crippen LogP) is 2.60. The molecule has 0 unspecified atom stereocenters. The zero-order valence-electron chi connectivity index (χ0n) is 19.6. The number of primary amides is 1. The van der Waals surface area contributed by atoms with E-state index in [2.05, 4.69) is 16.1 Å². The summed E-state index contributed by atoms with van der Waals surface area (Å²) in [7, 11) is 0. The number of nitrogens with two attached hydrogens (primary N) is 1. The second-order valence-electron chi connectivity index (χ2n) is 8.82. The molecule has 5 rings (SSSR count). The number of ether oxygens (including phenoxy) is 1. The molecule has 2 aliphatic heterocycles. The number of benzene rings is 2. The standard InChI is InChI=1S/C26H25ClN6O3/c27-20-3-1-2-18(14-20)25-24(26(29)35)22-16-32(6-7-33(22)30-25)23(34)13-17-4-5-19(15-28)21(12-17)31-8-10-36-11-9-31/h1-5,12,14H,6-11,13,16H2,(H2,29,35). The fraction of sp³-hybridized carbons (Fsp3) is 0.308. The maximum atomic E-state index is 13.3. The molecule has 2 aromatic carbocycles. The summed E-state index contributed by atoms with van der Waals surface area (Å²) >= 11 is 6.14. The number of morpholine rings is 1. The number of carbonyl (C=O) groups excluding carboxylic acids is 2. The molecule has 184 valence electrons. The lowest BCUT2D eigenvalue weighted by atomic mass is 10.0. The third-order valence-electron chi connectivity index (χ3n) is 6.57. The number of halogens is 1. The van der Waals surface area contributed by atoms with Gasteiger partial charge in [0.25, 0.3) is 5.91 Å². The van der Waals surface area contributed by atoms with Gasteiger partial charge in [0.15, 0.2) is 0 Å². The van der Waals surface area contributed by atoms with Crippen molar-refractivity contribution in [3.8, 4) is 17.3 Å². The van der Waals surface area contributed by atoms with Crippen molar-refractivity contribution >= 4 is 29.1 Å². The Hall–Kier alpha value is -3.87. The van der Waals surface area contributed by atoms with Crippen LogP contribution in [0.3, 0.4) is 0 Å². The Morgan fingerprint density at radius 3 is 2.64 bits per heavy atom. The van der Waals surface area contributed by atoms with Crippen LogP contribution in [-0.2, 0) is 29.0 Å². The van der Waals surface area contributed by atoms with E-state index < -0.39 is 5.91 Å². The first-order valence-corrected chi connectivity index (χ1v) is 12.1. The van der Waals surface area contributed by atoms with Crippen LogP contribution in [0.15, 0.2) is 42.5 Å². The van der Waals surface area contributed by atoms with E-state index in [1.165, 1.54) is 0 Å². The second-order valence-corrected chi connectivity index (χ2v) is 9.26. The van der Waals surface area contributed by atoms with Crippen LogP contribution in [0.4, 0.5) is 5.69 Å². The van der Waals surface area contributed by atoms with Gasteiger partial charge in [-0.15, -0.1) is 0 Å². The normalized spacial score (nSPS) is 15.3. The van der Waals surface area contributed by atoms with Crippen molar-refractivity contribution in [3.05, 3.63) is 69.9 Å². The monoisotopic (exact) mass is 504 g/mol. The van der Waals surface area contributed by atoms with Crippen LogP contribution in [0, 0.1) is 11.3 Å². The zero-order valence-corrected chi connectivity index (χ0v) is 20.4. The topological polar surface area (TPSA) is 117 Å². The van der Waals surface area contributed by atoms with Crippen molar-refractivity contribution in [1.29, 1.82) is 5.26 Å². The molecule has 10 heteroatoms. The maximum Gasteiger partial charge on any atom is 0.252 e. The van der Waals surface area contributed by atoms with Gasteiger partial charge in [0, 0.05) is 30.2 Å². The SMILES string of the molecule is N#Cc1ccc(CC(=O)N2CCn3nc(-c4cccc(Cl)c4)c(C(N)=O)c3C2)cc1N1CCOCC1. The van der Waals surface area contributed by atoms with Crippen molar-refractivity contribution in [3.63, 3.8) is 0 Å². The molecule has 9 nitrogen and oxygen atoms in total. The first-order chi connectivity index (χ1) is 17.4. The molecule has 1 aromatic heterocycles. The highest BCUT2D eigenvalue weighted by molar-refractivity contribution is 6.30. The fourth-order valence-electron chi connectivity index (χ4n) is 4.76. The first kappa shape index (κ1) is 23.9. The molecule has 2 amide bonds. The number of rotatable bonds is 5. The number of anilines is 1. The fourth-order valence-corrected chi connectivity index (χ4v) is 4.95. The third-order valence-corrected chi connectivity index (χ3v) is 6.80. The van der Waals surface area contributed by atoms with Crippen LogP contribution >= 0.6 is 11.6 Å². The van der Waals surface area contributed by atoms with E-state index in [-0.39, 0.29) is 18.9 Å². The minimum absolute atomic E-state index is 0.0696. The Morgan fingerprint density at radius 2 is 1.92 bits per heavy atom. The average Bonchev–Trinajstić information content (AvgIpc) is 3.28. The zero-order chi connectivity index (χ0) is 25.2. The van der Waals surface area contributed by atoms with Crippen molar-refractivity contribution in [2.45, 2.75) is 19.5 Å². The van der Waals surface area contributed by atoms with Crippen molar-refractivity contribution in [2.24, 2.45) is 5.73 Å². The largest absolute Gasteiger partial charge is 0.378 e. The summed E-state index contributed by atoms with van der Waals surface area (Å²) in [6.45, 7) is 3.77. The predicted molar refractivity (Wildman–Crippen MR) is 135 cm³/mol. The van der Waals surface area contributed by atoms with Gasteiger partial charge >= 0.3 is 0 Å². The summed E-state index contributed by atoms with van der Waals surface area (Å²) in [5.41, 5.74) is 10.1. The molecular formula is C26H25ClN6O3. The number of carbonyl (C=O) groups is 2. The van der Waals surface area contributed by atoms with E-state index in [9.17, 15) is 14.9 Å². The highest BCUT2D eigenvalue weighted by Crippen LogP contribution is 2.30. The van der Waals surface area contributed by atoms with Crippen LogP contribution < -0.4 is 10.6 Å². The van der Waals surface area contributed by atoms with E-state index in [1.807, 2.05) is 18.2 Å². The van der Waals surface area contributed by atoms with Gasteiger partial charge in [-0.2, -0.15) is 10.4 Å². The lowest BCUT2D eigenvalue weighted by molar-refractivity contribution is -0.132. The maximum absolute atomic E-state index is 13.3. The van der Waals surface area contributed by atoms with Gasteiger partial charge in [0.05, 0.1) is 55.2 Å². The molecule has 2 N–H and O–H groups in total. The molecule has 1 fully saturated rings. The minimum atomic E-state index is -0.595. The van der Waals surface area contributed by atoms with E-state index in [0.29, 0.717) is 72.5 Å². The van der Waals surface area contributed by atoms with Crippen molar-refractivity contribution < 1.29 is 14.3 Å². The lowest BCUT2D eigenvalue weighted by Crippen LogP contribution is -2.40. The van der Waals surface area contributed by atoms with Gasteiger partial charge in [0.2, 0.25) is 5.91 Å². The Kier molecular flexibility index (Phi) is 6.63. The van der Waals surface area contributed by atoms with Crippen LogP contribution in [0.25, 0.3) is 11.3 Å². The van der Waals surface area contributed by atoms with Gasteiger partial charge in [-0.3, -0.25) is 14.3 Å². The Morgan fingerprint density at radius 1 is 1.11 bits per heavy atom. The average molecular weight is 505 g/mol. The number of hydrogen-bond acceptors (Lipinski definition) is 6. The van der Waals surface area contributed by atoms with Gasteiger partial charge in [-0.25, -0.2) is 0 Å². The first-order valence-electron chi connectivity index (χ1n) is 11.7. The molecule has 0 atom stereocenters. The molecule has 0 bridgehead atoms.